The highest BCUT2D eigenvalue weighted by atomic mass is 16.6. The van der Waals surface area contributed by atoms with Gasteiger partial charge in [-0.3, -0.25) is 4.90 Å². The van der Waals surface area contributed by atoms with Crippen molar-refractivity contribution in [1.29, 1.82) is 0 Å². The fourth-order valence-electron chi connectivity index (χ4n) is 3.55. The summed E-state index contributed by atoms with van der Waals surface area (Å²) in [6.45, 7) is 13.6. The summed E-state index contributed by atoms with van der Waals surface area (Å²) in [7, 11) is 0. The number of rotatable bonds is 4. The molecule has 0 radical (unpaired) electrons. The highest BCUT2D eigenvalue weighted by Gasteiger charge is 2.61. The van der Waals surface area contributed by atoms with Crippen LogP contribution in [-0.4, -0.2) is 39.8 Å². The summed E-state index contributed by atoms with van der Waals surface area (Å²) in [6.07, 6.45) is 2.23. The molecule has 0 aromatic rings. The maximum Gasteiger partial charge on any atom is 0.411 e. The number of carbonyl (C=O) groups excluding carboxylic acids is 1. The van der Waals surface area contributed by atoms with Gasteiger partial charge in [0.25, 0.3) is 0 Å². The average molecular weight is 313 g/mol. The number of ether oxygens (including phenoxy) is 1. The van der Waals surface area contributed by atoms with Crippen LogP contribution in [-0.2, 0) is 9.53 Å². The van der Waals surface area contributed by atoms with Gasteiger partial charge in [0.15, 0.2) is 0 Å². The zero-order valence-corrected chi connectivity index (χ0v) is 15.0. The standard InChI is InChI=1S/C17H31NO4/c1-8-9-10-12-16(5,6)11-18(17(12,7)13(19)20)14(21)22-15(2,3)4/h12H,8-11H2,1-7H3,(H,19,20). The minimum atomic E-state index is -1.22. The van der Waals surface area contributed by atoms with E-state index in [2.05, 4.69) is 6.92 Å². The Bertz CT molecular complexity index is 438. The minimum absolute atomic E-state index is 0.0926. The van der Waals surface area contributed by atoms with Crippen molar-refractivity contribution in [2.75, 3.05) is 6.54 Å². The number of carboxylic acid groups (broad SMARTS) is 1. The number of carbonyl (C=O) groups is 2. The third kappa shape index (κ3) is 3.55. The molecular weight excluding hydrogens is 282 g/mol. The van der Waals surface area contributed by atoms with Gasteiger partial charge in [-0.05, 0) is 45.4 Å². The van der Waals surface area contributed by atoms with E-state index in [1.54, 1.807) is 27.7 Å². The Morgan fingerprint density at radius 2 is 1.82 bits per heavy atom. The van der Waals surface area contributed by atoms with Crippen LogP contribution in [0.1, 0.15) is 67.7 Å². The first-order chi connectivity index (χ1) is 9.86. The van der Waals surface area contributed by atoms with Gasteiger partial charge in [0.05, 0.1) is 0 Å². The Morgan fingerprint density at radius 1 is 1.27 bits per heavy atom. The van der Waals surface area contributed by atoms with Gasteiger partial charge in [0, 0.05) is 6.54 Å². The van der Waals surface area contributed by atoms with Gasteiger partial charge in [0.1, 0.15) is 11.1 Å². The second-order valence-corrected chi connectivity index (χ2v) is 8.20. The number of nitrogens with zero attached hydrogens (tertiary/aromatic N) is 1. The lowest BCUT2D eigenvalue weighted by Crippen LogP contribution is -2.55. The molecule has 128 valence electrons. The topological polar surface area (TPSA) is 66.8 Å². The molecule has 1 rings (SSSR count). The maximum absolute atomic E-state index is 12.5. The van der Waals surface area contributed by atoms with Gasteiger partial charge in [-0.15, -0.1) is 0 Å². The Kier molecular flexibility index (Phi) is 5.20. The van der Waals surface area contributed by atoms with Crippen LogP contribution in [0.2, 0.25) is 0 Å². The van der Waals surface area contributed by atoms with Crippen LogP contribution >= 0.6 is 0 Å². The van der Waals surface area contributed by atoms with E-state index >= 15 is 0 Å². The smallest absolute Gasteiger partial charge is 0.411 e. The monoisotopic (exact) mass is 313 g/mol. The molecule has 0 bridgehead atoms. The first-order valence-electron chi connectivity index (χ1n) is 8.10. The molecule has 1 N–H and O–H groups in total. The Hall–Kier alpha value is -1.26. The van der Waals surface area contributed by atoms with Gasteiger partial charge in [-0.1, -0.05) is 33.6 Å². The summed E-state index contributed by atoms with van der Waals surface area (Å²) in [5, 5.41) is 9.84. The predicted molar refractivity (Wildman–Crippen MR) is 85.8 cm³/mol. The summed E-state index contributed by atoms with van der Waals surface area (Å²) in [5.74, 6) is -1.05. The minimum Gasteiger partial charge on any atom is -0.479 e. The summed E-state index contributed by atoms with van der Waals surface area (Å²) < 4.78 is 5.44. The van der Waals surface area contributed by atoms with Gasteiger partial charge in [-0.2, -0.15) is 0 Å². The van der Waals surface area contributed by atoms with Crippen LogP contribution in [0.25, 0.3) is 0 Å². The number of amides is 1. The van der Waals surface area contributed by atoms with Gasteiger partial charge in [-0.25, -0.2) is 9.59 Å². The van der Waals surface area contributed by atoms with Crippen LogP contribution < -0.4 is 0 Å². The van der Waals surface area contributed by atoms with Crippen LogP contribution in [0.5, 0.6) is 0 Å². The van der Waals surface area contributed by atoms with Gasteiger partial charge < -0.3 is 9.84 Å². The zero-order valence-electron chi connectivity index (χ0n) is 15.0. The van der Waals surface area contributed by atoms with Crippen molar-refractivity contribution in [3.05, 3.63) is 0 Å². The second-order valence-electron chi connectivity index (χ2n) is 8.20. The normalized spacial score (nSPS) is 27.8. The van der Waals surface area contributed by atoms with Crippen LogP contribution in [0.15, 0.2) is 0 Å². The molecule has 1 fully saturated rings. The number of likely N-dealkylation sites (tertiary alicyclic amines) is 1. The number of carboxylic acids is 1. The van der Waals surface area contributed by atoms with Crippen molar-refractivity contribution in [3.63, 3.8) is 0 Å². The van der Waals surface area contributed by atoms with Crippen LogP contribution in [0, 0.1) is 11.3 Å². The van der Waals surface area contributed by atoms with E-state index < -0.39 is 23.2 Å². The Morgan fingerprint density at radius 3 is 2.23 bits per heavy atom. The lowest BCUT2D eigenvalue weighted by molar-refractivity contribution is -0.151. The molecule has 0 aliphatic carbocycles. The highest BCUT2D eigenvalue weighted by molar-refractivity contribution is 5.85. The highest BCUT2D eigenvalue weighted by Crippen LogP contribution is 2.49. The van der Waals surface area contributed by atoms with Gasteiger partial charge in [0.2, 0.25) is 0 Å². The van der Waals surface area contributed by atoms with E-state index in [1.165, 1.54) is 4.90 Å². The molecule has 2 atom stereocenters. The Balaban J connectivity index is 3.17. The fourth-order valence-corrected chi connectivity index (χ4v) is 3.55. The molecule has 0 aromatic carbocycles. The number of hydrogen-bond acceptors (Lipinski definition) is 3. The molecule has 2 unspecified atom stereocenters. The predicted octanol–water partition coefficient (Wildman–Crippen LogP) is 3.91. The first kappa shape index (κ1) is 18.8. The summed E-state index contributed by atoms with van der Waals surface area (Å²) in [4.78, 5) is 26.0. The van der Waals surface area contributed by atoms with E-state index in [0.717, 1.165) is 19.3 Å². The van der Waals surface area contributed by atoms with Crippen LogP contribution in [0.4, 0.5) is 4.79 Å². The number of hydrogen-bond donors (Lipinski definition) is 1. The summed E-state index contributed by atoms with van der Waals surface area (Å²) >= 11 is 0. The number of unbranched alkanes of at least 4 members (excludes halogenated alkanes) is 1. The summed E-state index contributed by atoms with van der Waals surface area (Å²) in [5.41, 5.74) is -2.11. The largest absolute Gasteiger partial charge is 0.479 e. The molecule has 5 nitrogen and oxygen atoms in total. The molecule has 0 aromatic heterocycles. The van der Waals surface area contributed by atoms with Crippen molar-refractivity contribution >= 4 is 12.1 Å². The molecule has 1 aliphatic heterocycles. The molecule has 5 heteroatoms. The first-order valence-corrected chi connectivity index (χ1v) is 8.10. The van der Waals surface area contributed by atoms with Crippen LogP contribution in [0.3, 0.4) is 0 Å². The molecule has 1 aliphatic rings. The quantitative estimate of drug-likeness (QED) is 0.854. The molecule has 1 heterocycles. The molecule has 22 heavy (non-hydrogen) atoms. The van der Waals surface area contributed by atoms with E-state index in [-0.39, 0.29) is 11.3 Å². The third-order valence-electron chi connectivity index (χ3n) is 4.64. The van der Waals surface area contributed by atoms with Crippen molar-refractivity contribution in [2.45, 2.75) is 78.9 Å². The van der Waals surface area contributed by atoms with Crippen molar-refractivity contribution < 1.29 is 19.4 Å². The molecular formula is C17H31NO4. The molecule has 1 amide bonds. The fraction of sp³-hybridized carbons (Fsp3) is 0.882. The van der Waals surface area contributed by atoms with E-state index in [1.807, 2.05) is 13.8 Å². The molecule has 1 saturated heterocycles. The van der Waals surface area contributed by atoms with Crippen molar-refractivity contribution in [2.24, 2.45) is 11.3 Å². The van der Waals surface area contributed by atoms with E-state index in [4.69, 9.17) is 4.74 Å². The van der Waals surface area contributed by atoms with E-state index in [0.29, 0.717) is 6.54 Å². The summed E-state index contributed by atoms with van der Waals surface area (Å²) in [6, 6.07) is 0. The van der Waals surface area contributed by atoms with Crippen molar-refractivity contribution in [3.8, 4) is 0 Å². The average Bonchev–Trinajstić information content (AvgIpc) is 2.53. The maximum atomic E-state index is 12.5. The third-order valence-corrected chi connectivity index (χ3v) is 4.64. The Labute approximate surface area is 134 Å². The lowest BCUT2D eigenvalue weighted by atomic mass is 9.70. The zero-order chi connectivity index (χ0) is 17.3. The number of aliphatic carboxylic acids is 1. The molecule has 0 saturated carbocycles. The van der Waals surface area contributed by atoms with E-state index in [9.17, 15) is 14.7 Å². The lowest BCUT2D eigenvalue weighted by Gasteiger charge is -2.37. The SMILES string of the molecule is CCCCC1C(C)(C)CN(C(=O)OC(C)(C)C)C1(C)C(=O)O. The molecule has 0 spiro atoms. The second kappa shape index (κ2) is 6.09. The van der Waals surface area contributed by atoms with Gasteiger partial charge >= 0.3 is 12.1 Å². The van der Waals surface area contributed by atoms with Crippen molar-refractivity contribution in [1.82, 2.24) is 4.90 Å².